The van der Waals surface area contributed by atoms with Crippen molar-refractivity contribution in [1.82, 2.24) is 0 Å². The van der Waals surface area contributed by atoms with Crippen molar-refractivity contribution in [3.05, 3.63) is 398 Å². The molecule has 0 unspecified atom stereocenters. The molecule has 4 aliphatic rings. The summed E-state index contributed by atoms with van der Waals surface area (Å²) in [5.41, 5.74) is 54.5. The summed E-state index contributed by atoms with van der Waals surface area (Å²) < 4.78 is 0. The SMILES string of the molecule is CCCCCCCCC1(c2cccc(-c3ccc(CCCCCC)cc3)c2)c2cc(C)ccc2-c2ccc(C)cc21.CCCCCCCCC1(c2cccc(C(C)(C)C)c2)c2cc(C)ccc2-c2ccc(C)cc21.CCCCCCc1cc(CCCCCC)cc(C2(C)c3cc(C)c(C)cc3-c3cc(C)c(C)cc32)c1.CCCCCCc1cc(CCCCCC)cc(C2(C)c3cc(C)ccc3-c3ccc(C)cc32)c1. The Morgan fingerprint density at radius 2 is 0.458 bits per heavy atom. The standard InChI is InChI=1S/C41H50.C36H48.C34H44.C33H42/c1-5-7-9-11-12-14-27-41(39-28-31(3)19-25-37(39)38-26-20-32(4)29-40(38)41)36-18-15-17-35(30-36)34-23-21-33(22-24-34)16-13-10-8-6-2;1-8-10-12-14-16-29-22-30(17-15-13-11-9-2)24-31(23-29)36(7)34-20-27(5)25(3)18-32(34)33-19-26(4)28(6)21-35(33)36;1-6-8-10-12-14-27-22-28(15-13-11-9-7-2)24-29(23-27)34(5)32-20-25(3)16-18-30(32)31-19-17-26(4)21-33(31)34;1-7-8-9-10-11-12-20-33(27-15-13-14-26(23-27)32(4,5)6)30-21-24(2)16-18-28(30)29-19-17-25(3)22-31(29)33/h15,17-26,28-30H,5-14,16,27H2,1-4H3;18-24H,8-17H2,1-7H3;16-24H,6-15H2,1-5H3;13-19,21-23H,7-12,20H2,1-6H3. The molecule has 0 aliphatic heterocycles. The van der Waals surface area contributed by atoms with E-state index in [0.29, 0.717) is 0 Å². The van der Waals surface area contributed by atoms with Gasteiger partial charge in [-0.2, -0.15) is 0 Å². The molecular weight excluding hydrogens is 1730 g/mol. The van der Waals surface area contributed by atoms with Crippen LogP contribution >= 0.6 is 0 Å². The molecule has 0 atom stereocenters. The van der Waals surface area contributed by atoms with Gasteiger partial charge in [-0.05, 0) is 350 Å². The molecule has 17 rings (SSSR count). The summed E-state index contributed by atoms with van der Waals surface area (Å²) in [6.07, 6.45) is 50.6. The summed E-state index contributed by atoms with van der Waals surface area (Å²) in [6, 6.07) is 96.3. The minimum atomic E-state index is -0.112. The third-order valence-corrected chi connectivity index (χ3v) is 34.0. The highest BCUT2D eigenvalue weighted by Gasteiger charge is 2.48. The molecule has 0 radical (unpaired) electrons. The smallest absolute Gasteiger partial charge is 0.0464 e. The normalized spacial score (nSPS) is 13.7. The zero-order chi connectivity index (χ0) is 102. The topological polar surface area (TPSA) is 0 Å². The summed E-state index contributed by atoms with van der Waals surface area (Å²) in [7, 11) is 0. The molecule has 0 N–H and O–H groups in total. The molecule has 13 aromatic carbocycles. The Balaban J connectivity index is 0.000000153. The summed E-state index contributed by atoms with van der Waals surface area (Å²) in [5, 5.41) is 0. The second-order valence-electron chi connectivity index (χ2n) is 46.6. The van der Waals surface area contributed by atoms with Crippen LogP contribution < -0.4 is 0 Å². The molecule has 0 saturated heterocycles. The van der Waals surface area contributed by atoms with Gasteiger partial charge in [0.05, 0.1) is 0 Å². The van der Waals surface area contributed by atoms with Crippen molar-refractivity contribution in [1.29, 1.82) is 0 Å². The van der Waals surface area contributed by atoms with Crippen molar-refractivity contribution in [2.24, 2.45) is 0 Å². The quantitative estimate of drug-likeness (QED) is 0.0334. The predicted molar refractivity (Wildman–Crippen MR) is 631 cm³/mol. The molecule has 0 aromatic heterocycles. The molecule has 13 aromatic rings. The largest absolute Gasteiger partial charge is 0.0654 e. The van der Waals surface area contributed by atoms with Crippen molar-refractivity contribution in [3.63, 3.8) is 0 Å². The zero-order valence-electron chi connectivity index (χ0n) is 94.2. The van der Waals surface area contributed by atoms with E-state index in [2.05, 4.69) is 395 Å². The molecular formula is C144H184. The number of aryl methyl sites for hydroxylation is 15. The lowest BCUT2D eigenvalue weighted by molar-refractivity contribution is 0.504. The van der Waals surface area contributed by atoms with Gasteiger partial charge in [0.1, 0.15) is 0 Å². The van der Waals surface area contributed by atoms with E-state index in [0.717, 1.165) is 6.42 Å². The van der Waals surface area contributed by atoms with Gasteiger partial charge >= 0.3 is 0 Å². The van der Waals surface area contributed by atoms with Gasteiger partial charge in [0, 0.05) is 21.7 Å². The van der Waals surface area contributed by atoms with Gasteiger partial charge in [-0.25, -0.2) is 0 Å². The van der Waals surface area contributed by atoms with Gasteiger partial charge in [0.25, 0.3) is 0 Å². The second kappa shape index (κ2) is 51.0. The fourth-order valence-electron chi connectivity index (χ4n) is 25.0. The van der Waals surface area contributed by atoms with Crippen molar-refractivity contribution in [2.75, 3.05) is 0 Å². The first-order valence-corrected chi connectivity index (χ1v) is 58.1. The van der Waals surface area contributed by atoms with Gasteiger partial charge in [0.15, 0.2) is 0 Å². The summed E-state index contributed by atoms with van der Waals surface area (Å²) in [5.74, 6) is 0. The molecule has 0 fully saturated rings. The number of unbranched alkanes of at least 4 members (excludes halogenated alkanes) is 25. The Kier molecular flexibility index (Phi) is 38.8. The fraction of sp³-hybridized carbons (Fsp3) is 0.458. The first kappa shape index (κ1) is 110. The molecule has 0 amide bonds. The summed E-state index contributed by atoms with van der Waals surface area (Å²) >= 11 is 0. The molecule has 0 bridgehead atoms. The van der Waals surface area contributed by atoms with E-state index in [1.54, 1.807) is 0 Å². The van der Waals surface area contributed by atoms with Crippen LogP contribution in [-0.4, -0.2) is 0 Å². The summed E-state index contributed by atoms with van der Waals surface area (Å²) in [4.78, 5) is 0. The molecule has 760 valence electrons. The van der Waals surface area contributed by atoms with Crippen LogP contribution in [0.4, 0.5) is 0 Å². The first-order chi connectivity index (χ1) is 69.6. The van der Waals surface area contributed by atoms with Gasteiger partial charge in [-0.15, -0.1) is 0 Å². The first-order valence-electron chi connectivity index (χ1n) is 58.1. The maximum atomic E-state index is 2.56. The number of hydrogen-bond acceptors (Lipinski definition) is 0. The second-order valence-corrected chi connectivity index (χ2v) is 46.6. The molecule has 144 heavy (non-hydrogen) atoms. The average molecular weight is 1920 g/mol. The lowest BCUT2D eigenvalue weighted by Crippen LogP contribution is -2.28. The third kappa shape index (κ3) is 25.1. The van der Waals surface area contributed by atoms with E-state index in [1.165, 1.54) is 455 Å². The maximum Gasteiger partial charge on any atom is 0.0464 e. The van der Waals surface area contributed by atoms with Crippen LogP contribution in [0.3, 0.4) is 0 Å². The van der Waals surface area contributed by atoms with Crippen LogP contribution in [0.5, 0.6) is 0 Å². The molecule has 4 aliphatic carbocycles. The Morgan fingerprint density at radius 3 is 0.778 bits per heavy atom. The van der Waals surface area contributed by atoms with E-state index in [-0.39, 0.29) is 27.1 Å². The van der Waals surface area contributed by atoms with E-state index in [1.807, 2.05) is 0 Å². The number of hydrogen-bond donors (Lipinski definition) is 0. The van der Waals surface area contributed by atoms with Crippen LogP contribution in [-0.2, 0) is 59.2 Å². The molecule has 0 saturated carbocycles. The van der Waals surface area contributed by atoms with E-state index >= 15 is 0 Å². The monoisotopic (exact) mass is 1910 g/mol. The van der Waals surface area contributed by atoms with Gasteiger partial charge in [0.2, 0.25) is 0 Å². The van der Waals surface area contributed by atoms with Gasteiger partial charge in [-0.1, -0.05) is 513 Å². The zero-order valence-corrected chi connectivity index (χ0v) is 94.2. The molecule has 0 heterocycles. The fourth-order valence-corrected chi connectivity index (χ4v) is 25.0. The Labute approximate surface area is 877 Å². The van der Waals surface area contributed by atoms with Crippen molar-refractivity contribution in [2.45, 2.75) is 430 Å². The van der Waals surface area contributed by atoms with Crippen LogP contribution in [0.1, 0.15) is 457 Å². The van der Waals surface area contributed by atoms with Gasteiger partial charge < -0.3 is 0 Å². The molecule has 0 nitrogen and oxygen atoms in total. The predicted octanol–water partition coefficient (Wildman–Crippen LogP) is 42.2. The Morgan fingerprint density at radius 1 is 0.194 bits per heavy atom. The lowest BCUT2D eigenvalue weighted by atomic mass is 9.68. The highest BCUT2D eigenvalue weighted by atomic mass is 14.5. The molecule has 0 heteroatoms. The van der Waals surface area contributed by atoms with E-state index in [4.69, 9.17) is 0 Å². The minimum absolute atomic E-state index is 0.0608. The highest BCUT2D eigenvalue weighted by Crippen LogP contribution is 2.60. The minimum Gasteiger partial charge on any atom is -0.0654 e. The molecule has 0 spiro atoms. The van der Waals surface area contributed by atoms with Crippen molar-refractivity contribution in [3.8, 4) is 55.6 Å². The van der Waals surface area contributed by atoms with E-state index in [9.17, 15) is 0 Å². The maximum absolute atomic E-state index is 2.56. The number of benzene rings is 13. The number of rotatable bonds is 44. The third-order valence-electron chi connectivity index (χ3n) is 34.0. The van der Waals surface area contributed by atoms with Gasteiger partial charge in [-0.3, -0.25) is 0 Å². The van der Waals surface area contributed by atoms with Crippen molar-refractivity contribution >= 4 is 0 Å². The van der Waals surface area contributed by atoms with Crippen LogP contribution in [0.15, 0.2) is 243 Å². The number of fused-ring (bicyclic) bond motifs is 12. The lowest BCUT2D eigenvalue weighted by Gasteiger charge is -2.35. The Bertz CT molecular complexity index is 6130. The van der Waals surface area contributed by atoms with Crippen molar-refractivity contribution < 1.29 is 0 Å². The average Bonchev–Trinajstić information content (AvgIpc) is 1.56. The Hall–Kier alpha value is -10.1. The van der Waals surface area contributed by atoms with E-state index < -0.39 is 0 Å². The van der Waals surface area contributed by atoms with Crippen LogP contribution in [0, 0.1) is 69.2 Å². The van der Waals surface area contributed by atoms with Crippen LogP contribution in [0.2, 0.25) is 0 Å². The van der Waals surface area contributed by atoms with Crippen LogP contribution in [0.25, 0.3) is 55.6 Å². The highest BCUT2D eigenvalue weighted by molar-refractivity contribution is 5.89. The summed E-state index contributed by atoms with van der Waals surface area (Å²) in [6.45, 7) is 50.6.